The summed E-state index contributed by atoms with van der Waals surface area (Å²) < 4.78 is 3.59. The molecule has 4 heterocycles. The van der Waals surface area contributed by atoms with Gasteiger partial charge in [-0.2, -0.15) is 0 Å². The number of hydrogen-bond acceptors (Lipinski definition) is 5. The van der Waals surface area contributed by atoms with Gasteiger partial charge < -0.3 is 0 Å². The van der Waals surface area contributed by atoms with Crippen LogP contribution >= 0.6 is 11.3 Å². The predicted molar refractivity (Wildman–Crippen MR) is 89.2 cm³/mol. The number of aryl methyl sites for hydroxylation is 1. The van der Waals surface area contributed by atoms with Crippen LogP contribution in [0.2, 0.25) is 0 Å². The van der Waals surface area contributed by atoms with Crippen molar-refractivity contribution in [1.29, 1.82) is 0 Å². The Balaban J connectivity index is 1.83. The molecular weight excluding hydrogens is 312 g/mol. The molecule has 0 spiro atoms. The van der Waals surface area contributed by atoms with Gasteiger partial charge in [-0.05, 0) is 30.0 Å². The van der Waals surface area contributed by atoms with Gasteiger partial charge in [0, 0.05) is 12.3 Å². The van der Waals surface area contributed by atoms with Crippen molar-refractivity contribution in [3.05, 3.63) is 74.1 Å². The Morgan fingerprint density at radius 3 is 2.96 bits per heavy atom. The van der Waals surface area contributed by atoms with Crippen LogP contribution in [-0.2, 0) is 6.54 Å². The molecule has 0 unspecified atom stereocenters. The second-order valence-electron chi connectivity index (χ2n) is 5.33. The Hall–Kier alpha value is -2.80. The van der Waals surface area contributed by atoms with E-state index in [1.54, 1.807) is 12.3 Å². The van der Waals surface area contributed by atoms with E-state index in [0.29, 0.717) is 21.6 Å². The third-order valence-corrected chi connectivity index (χ3v) is 4.52. The highest BCUT2D eigenvalue weighted by atomic mass is 32.1. The van der Waals surface area contributed by atoms with Crippen LogP contribution in [-0.4, -0.2) is 18.9 Å². The fraction of sp³-hybridized carbons (Fsp3) is 0.125. The zero-order valence-electron chi connectivity index (χ0n) is 12.3. The van der Waals surface area contributed by atoms with Crippen molar-refractivity contribution in [3.8, 4) is 0 Å². The van der Waals surface area contributed by atoms with Crippen molar-refractivity contribution >= 4 is 27.2 Å². The van der Waals surface area contributed by atoms with E-state index >= 15 is 0 Å². The first-order chi connectivity index (χ1) is 11.1. The molecule has 0 aliphatic rings. The van der Waals surface area contributed by atoms with Gasteiger partial charge in [-0.1, -0.05) is 6.07 Å². The first kappa shape index (κ1) is 13.8. The standard InChI is InChI=1S/C16H12N4O2S/c1-10-2-3-13-18-11(6-14(21)20(13)7-10)8-19-9-17-12-4-5-23-15(12)16(19)22/h2-7,9H,8H2,1H3. The molecule has 4 aromatic heterocycles. The number of rotatable bonds is 2. The lowest BCUT2D eigenvalue weighted by atomic mass is 10.3. The van der Waals surface area contributed by atoms with E-state index in [2.05, 4.69) is 9.97 Å². The minimum absolute atomic E-state index is 0.115. The zero-order chi connectivity index (χ0) is 16.0. The highest BCUT2D eigenvalue weighted by Crippen LogP contribution is 2.13. The van der Waals surface area contributed by atoms with Crippen LogP contribution in [0.5, 0.6) is 0 Å². The highest BCUT2D eigenvalue weighted by Gasteiger charge is 2.08. The van der Waals surface area contributed by atoms with Gasteiger partial charge in [0.1, 0.15) is 10.3 Å². The number of hydrogen-bond donors (Lipinski definition) is 0. The van der Waals surface area contributed by atoms with Gasteiger partial charge in [-0.3, -0.25) is 18.6 Å². The van der Waals surface area contributed by atoms with Gasteiger partial charge in [0.05, 0.1) is 24.1 Å². The molecule has 0 saturated heterocycles. The Bertz CT molecular complexity index is 1160. The maximum absolute atomic E-state index is 12.4. The molecular formula is C16H12N4O2S. The topological polar surface area (TPSA) is 69.3 Å². The van der Waals surface area contributed by atoms with Gasteiger partial charge in [0.15, 0.2) is 0 Å². The average molecular weight is 324 g/mol. The average Bonchev–Trinajstić information content (AvgIpc) is 3.00. The summed E-state index contributed by atoms with van der Waals surface area (Å²) in [4.78, 5) is 33.3. The van der Waals surface area contributed by atoms with Crippen LogP contribution < -0.4 is 11.1 Å². The third kappa shape index (κ3) is 2.35. The van der Waals surface area contributed by atoms with Crippen LogP contribution in [0.4, 0.5) is 0 Å². The number of fused-ring (bicyclic) bond motifs is 2. The quantitative estimate of drug-likeness (QED) is 0.564. The second-order valence-corrected chi connectivity index (χ2v) is 6.25. The van der Waals surface area contributed by atoms with Crippen LogP contribution in [0.3, 0.4) is 0 Å². The number of pyridine rings is 1. The summed E-state index contributed by atoms with van der Waals surface area (Å²) in [5, 5.41) is 1.84. The summed E-state index contributed by atoms with van der Waals surface area (Å²) >= 11 is 1.36. The van der Waals surface area contributed by atoms with Crippen LogP contribution in [0.1, 0.15) is 11.3 Å². The minimum atomic E-state index is -0.160. The van der Waals surface area contributed by atoms with Crippen LogP contribution in [0.25, 0.3) is 15.9 Å². The van der Waals surface area contributed by atoms with Crippen molar-refractivity contribution in [1.82, 2.24) is 18.9 Å². The molecule has 0 saturated carbocycles. The fourth-order valence-corrected chi connectivity index (χ4v) is 3.30. The van der Waals surface area contributed by atoms with Crippen molar-refractivity contribution in [2.24, 2.45) is 0 Å². The summed E-state index contributed by atoms with van der Waals surface area (Å²) in [5.74, 6) is 0. The molecule has 0 bridgehead atoms. The lowest BCUT2D eigenvalue weighted by Gasteiger charge is -2.07. The zero-order valence-corrected chi connectivity index (χ0v) is 13.1. The first-order valence-corrected chi connectivity index (χ1v) is 7.91. The normalized spacial score (nSPS) is 11.3. The molecule has 0 N–H and O–H groups in total. The summed E-state index contributed by atoms with van der Waals surface area (Å²) in [5.41, 5.74) is 2.51. The predicted octanol–water partition coefficient (Wildman–Crippen LogP) is 1.82. The van der Waals surface area contributed by atoms with E-state index in [9.17, 15) is 9.59 Å². The molecule has 0 aliphatic heterocycles. The van der Waals surface area contributed by atoms with E-state index in [4.69, 9.17) is 0 Å². The Morgan fingerprint density at radius 1 is 1.22 bits per heavy atom. The Kier molecular flexibility index (Phi) is 3.09. The lowest BCUT2D eigenvalue weighted by Crippen LogP contribution is -2.23. The molecule has 114 valence electrons. The van der Waals surface area contributed by atoms with Crippen molar-refractivity contribution in [2.75, 3.05) is 0 Å². The maximum Gasteiger partial charge on any atom is 0.271 e. The summed E-state index contributed by atoms with van der Waals surface area (Å²) in [6.07, 6.45) is 3.25. The van der Waals surface area contributed by atoms with Gasteiger partial charge in [0.2, 0.25) is 0 Å². The summed E-state index contributed by atoms with van der Waals surface area (Å²) in [7, 11) is 0. The smallest absolute Gasteiger partial charge is 0.271 e. The van der Waals surface area contributed by atoms with Gasteiger partial charge in [0.25, 0.3) is 11.1 Å². The molecule has 7 heteroatoms. The van der Waals surface area contributed by atoms with E-state index in [-0.39, 0.29) is 17.7 Å². The number of aromatic nitrogens is 4. The molecule has 4 aromatic rings. The van der Waals surface area contributed by atoms with Crippen molar-refractivity contribution in [3.63, 3.8) is 0 Å². The summed E-state index contributed by atoms with van der Waals surface area (Å²) in [6, 6.07) is 6.97. The molecule has 0 fully saturated rings. The van der Waals surface area contributed by atoms with Gasteiger partial charge in [-0.25, -0.2) is 9.97 Å². The molecule has 4 rings (SSSR count). The largest absolute Gasteiger partial charge is 0.292 e. The van der Waals surface area contributed by atoms with Gasteiger partial charge >= 0.3 is 0 Å². The molecule has 0 amide bonds. The van der Waals surface area contributed by atoms with E-state index in [1.807, 2.05) is 24.4 Å². The number of thiophene rings is 1. The summed E-state index contributed by atoms with van der Waals surface area (Å²) in [6.45, 7) is 2.14. The van der Waals surface area contributed by atoms with E-state index in [0.717, 1.165) is 5.56 Å². The number of nitrogens with zero attached hydrogens (tertiary/aromatic N) is 4. The van der Waals surface area contributed by atoms with Gasteiger partial charge in [-0.15, -0.1) is 11.3 Å². The fourth-order valence-electron chi connectivity index (χ4n) is 2.51. The van der Waals surface area contributed by atoms with E-state index < -0.39 is 0 Å². The van der Waals surface area contributed by atoms with Crippen molar-refractivity contribution < 1.29 is 0 Å². The highest BCUT2D eigenvalue weighted by molar-refractivity contribution is 7.17. The molecule has 0 atom stereocenters. The van der Waals surface area contributed by atoms with E-state index in [1.165, 1.54) is 32.7 Å². The Morgan fingerprint density at radius 2 is 2.09 bits per heavy atom. The van der Waals surface area contributed by atoms with Crippen molar-refractivity contribution in [2.45, 2.75) is 13.5 Å². The molecule has 23 heavy (non-hydrogen) atoms. The molecule has 0 aliphatic carbocycles. The molecule has 6 nitrogen and oxygen atoms in total. The minimum Gasteiger partial charge on any atom is -0.292 e. The molecule has 0 radical (unpaired) electrons. The third-order valence-electron chi connectivity index (χ3n) is 3.63. The van der Waals surface area contributed by atoms with Crippen LogP contribution in [0.15, 0.2) is 51.8 Å². The lowest BCUT2D eigenvalue weighted by molar-refractivity contribution is 0.728. The second kappa shape index (κ2) is 5.13. The molecule has 0 aromatic carbocycles. The maximum atomic E-state index is 12.4. The first-order valence-electron chi connectivity index (χ1n) is 7.03. The SMILES string of the molecule is Cc1ccc2nc(Cn3cnc4ccsc4c3=O)cc(=O)n2c1. The van der Waals surface area contributed by atoms with Crippen LogP contribution in [0, 0.1) is 6.92 Å². The Labute approximate surface area is 134 Å². The monoisotopic (exact) mass is 324 g/mol.